The second-order valence-corrected chi connectivity index (χ2v) is 20.1. The van der Waals surface area contributed by atoms with E-state index >= 15 is 26.3 Å². The van der Waals surface area contributed by atoms with E-state index in [9.17, 15) is 5.26 Å². The summed E-state index contributed by atoms with van der Waals surface area (Å²) >= 11 is 0. The molecule has 0 N–H and O–H groups in total. The Balaban J connectivity index is 1.17. The van der Waals surface area contributed by atoms with Gasteiger partial charge >= 0.3 is 12.4 Å². The van der Waals surface area contributed by atoms with Crippen molar-refractivity contribution in [2.75, 3.05) is 0 Å². The molecule has 0 bridgehead atoms. The van der Waals surface area contributed by atoms with Crippen LogP contribution in [0.3, 0.4) is 0 Å². The number of benzene rings is 9. The van der Waals surface area contributed by atoms with Crippen molar-refractivity contribution in [2.24, 2.45) is 0 Å². The standard InChI is InChI=1S/C63H41F6N3/c1-60(2)45-18-9-5-14-37(45)40-27-30-52-56(58(40)60)42-16-7-11-22-49(42)71(52)51-29-25-36(55-47(62(64,65)66)20-13-21-48(55)63(67,68)69)33-44(51)39-26-24-35(34-70)32-54(39)72-50-23-12-8-17-43(50)57-53(72)31-28-41-38-15-6-10-19-46(38)61(3,4)59(41)57/h5-33H,1-4H3. The molecule has 0 radical (unpaired) electrons. The molecule has 0 saturated heterocycles. The van der Waals surface area contributed by atoms with Gasteiger partial charge in [-0.1, -0.05) is 143 Å². The second kappa shape index (κ2) is 14.8. The summed E-state index contributed by atoms with van der Waals surface area (Å²) in [5, 5.41) is 14.5. The number of nitriles is 1. The van der Waals surface area contributed by atoms with Crippen molar-refractivity contribution in [1.29, 1.82) is 5.26 Å². The van der Waals surface area contributed by atoms with E-state index in [2.05, 4.69) is 104 Å². The summed E-state index contributed by atoms with van der Waals surface area (Å²) in [6.07, 6.45) is -10.2. The highest BCUT2D eigenvalue weighted by molar-refractivity contribution is 6.16. The van der Waals surface area contributed by atoms with Gasteiger partial charge in [0.15, 0.2) is 0 Å². The minimum Gasteiger partial charge on any atom is -0.309 e. The van der Waals surface area contributed by atoms with Crippen molar-refractivity contribution in [2.45, 2.75) is 50.9 Å². The predicted molar refractivity (Wildman–Crippen MR) is 276 cm³/mol. The molecular weight excluding hydrogens is 913 g/mol. The van der Waals surface area contributed by atoms with E-state index in [0.29, 0.717) is 40.2 Å². The van der Waals surface area contributed by atoms with Gasteiger partial charge in [-0.3, -0.25) is 0 Å². The van der Waals surface area contributed by atoms with Gasteiger partial charge in [-0.15, -0.1) is 0 Å². The first-order chi connectivity index (χ1) is 34.5. The molecule has 2 heterocycles. The minimum absolute atomic E-state index is 0.262. The maximum atomic E-state index is 15.1. The number of fused-ring (bicyclic) bond motifs is 14. The third-order valence-corrected chi connectivity index (χ3v) is 15.6. The zero-order valence-corrected chi connectivity index (χ0v) is 39.4. The molecule has 9 heteroatoms. The van der Waals surface area contributed by atoms with Crippen LogP contribution in [-0.4, -0.2) is 9.13 Å². The molecule has 0 unspecified atom stereocenters. The summed E-state index contributed by atoms with van der Waals surface area (Å²) < 4.78 is 94.8. The van der Waals surface area contributed by atoms with Crippen molar-refractivity contribution in [1.82, 2.24) is 9.13 Å². The van der Waals surface area contributed by atoms with Crippen molar-refractivity contribution < 1.29 is 26.3 Å². The van der Waals surface area contributed by atoms with E-state index in [4.69, 9.17) is 0 Å². The molecule has 3 nitrogen and oxygen atoms in total. The van der Waals surface area contributed by atoms with Gasteiger partial charge in [-0.05, 0) is 111 Å². The van der Waals surface area contributed by atoms with Crippen LogP contribution in [0, 0.1) is 11.3 Å². The second-order valence-electron chi connectivity index (χ2n) is 20.1. The van der Waals surface area contributed by atoms with Crippen LogP contribution < -0.4 is 0 Å². The molecular formula is C63H41F6N3. The first-order valence-electron chi connectivity index (χ1n) is 23.8. The zero-order valence-electron chi connectivity index (χ0n) is 39.4. The Hall–Kier alpha value is -8.35. The number of nitrogens with zero attached hydrogens (tertiary/aromatic N) is 3. The maximum Gasteiger partial charge on any atom is 0.417 e. The summed E-state index contributed by atoms with van der Waals surface area (Å²) in [7, 11) is 0. The van der Waals surface area contributed by atoms with Crippen molar-refractivity contribution in [3.8, 4) is 62.0 Å². The highest BCUT2D eigenvalue weighted by Gasteiger charge is 2.43. The number of hydrogen-bond acceptors (Lipinski definition) is 1. The van der Waals surface area contributed by atoms with Gasteiger partial charge in [0, 0.05) is 49.1 Å². The fourth-order valence-corrected chi connectivity index (χ4v) is 12.6. The number of hydrogen-bond donors (Lipinski definition) is 0. The monoisotopic (exact) mass is 953 g/mol. The smallest absolute Gasteiger partial charge is 0.309 e. The van der Waals surface area contributed by atoms with E-state index < -0.39 is 39.9 Å². The van der Waals surface area contributed by atoms with Crippen LogP contribution in [0.1, 0.15) is 66.6 Å². The third kappa shape index (κ3) is 5.92. The number of para-hydroxylation sites is 2. The Bertz CT molecular complexity index is 4180. The Morgan fingerprint density at radius 2 is 0.889 bits per heavy atom. The molecule has 0 amide bonds. The van der Waals surface area contributed by atoms with Gasteiger partial charge in [-0.2, -0.15) is 31.6 Å². The molecule has 9 aromatic carbocycles. The van der Waals surface area contributed by atoms with Crippen LogP contribution >= 0.6 is 0 Å². The average Bonchev–Trinajstić information content (AvgIpc) is 4.04. The Morgan fingerprint density at radius 3 is 1.40 bits per heavy atom. The molecule has 13 rings (SSSR count). The zero-order chi connectivity index (χ0) is 49.8. The van der Waals surface area contributed by atoms with Crippen LogP contribution in [-0.2, 0) is 23.2 Å². The summed E-state index contributed by atoms with van der Waals surface area (Å²) in [4.78, 5) is 0. The summed E-state index contributed by atoms with van der Waals surface area (Å²) in [6.45, 7) is 8.86. The lowest BCUT2D eigenvalue weighted by Gasteiger charge is -2.24. The summed E-state index contributed by atoms with van der Waals surface area (Å²) in [6, 6.07) is 55.4. The van der Waals surface area contributed by atoms with E-state index in [1.54, 1.807) is 24.3 Å². The molecule has 0 fully saturated rings. The molecule has 0 saturated carbocycles. The van der Waals surface area contributed by atoms with Gasteiger partial charge < -0.3 is 9.13 Å². The fourth-order valence-electron chi connectivity index (χ4n) is 12.6. The number of halogens is 6. The highest BCUT2D eigenvalue weighted by atomic mass is 19.4. The SMILES string of the molecule is CC1(C)c2ccccc2-c2ccc3c(c21)c1ccccc1n3-c1ccc(-c2c(C(F)(F)F)cccc2C(F)(F)F)cc1-c1ccc(C#N)cc1-n1c2ccccc2c2c3c(ccc21)-c1ccccc1C3(C)C. The number of rotatable bonds is 4. The van der Waals surface area contributed by atoms with Crippen LogP contribution in [0.5, 0.6) is 0 Å². The van der Waals surface area contributed by atoms with Crippen molar-refractivity contribution >= 4 is 43.6 Å². The largest absolute Gasteiger partial charge is 0.417 e. The average molecular weight is 954 g/mol. The van der Waals surface area contributed by atoms with Crippen molar-refractivity contribution in [3.63, 3.8) is 0 Å². The summed E-state index contributed by atoms with van der Waals surface area (Å²) in [5.74, 6) is 0. The molecule has 2 aromatic heterocycles. The van der Waals surface area contributed by atoms with E-state index in [1.807, 2.05) is 60.7 Å². The lowest BCUT2D eigenvalue weighted by Crippen LogP contribution is -2.15. The number of alkyl halides is 6. The fraction of sp³-hybridized carbons (Fsp3) is 0.127. The topological polar surface area (TPSA) is 33.6 Å². The van der Waals surface area contributed by atoms with Gasteiger partial charge in [0.25, 0.3) is 0 Å². The Kier molecular flexibility index (Phi) is 9.00. The molecule has 0 spiro atoms. The van der Waals surface area contributed by atoms with Crippen molar-refractivity contribution in [3.05, 3.63) is 215 Å². The van der Waals surface area contributed by atoms with E-state index in [0.717, 1.165) is 83.1 Å². The van der Waals surface area contributed by atoms with Crippen LogP contribution in [0.4, 0.5) is 26.3 Å². The molecule has 72 heavy (non-hydrogen) atoms. The Labute approximate surface area is 410 Å². The maximum absolute atomic E-state index is 15.1. The van der Waals surface area contributed by atoms with E-state index in [-0.39, 0.29) is 5.56 Å². The van der Waals surface area contributed by atoms with Gasteiger partial charge in [0.2, 0.25) is 0 Å². The lowest BCUT2D eigenvalue weighted by atomic mass is 9.80. The van der Waals surface area contributed by atoms with Gasteiger partial charge in [0.1, 0.15) is 0 Å². The number of aromatic nitrogens is 2. The van der Waals surface area contributed by atoms with Gasteiger partial charge in [-0.25, -0.2) is 0 Å². The van der Waals surface area contributed by atoms with Crippen LogP contribution in [0.15, 0.2) is 176 Å². The lowest BCUT2D eigenvalue weighted by molar-refractivity contribution is -0.142. The van der Waals surface area contributed by atoms with Crippen LogP contribution in [0.25, 0.3) is 99.5 Å². The molecule has 2 aliphatic carbocycles. The molecule has 11 aromatic rings. The van der Waals surface area contributed by atoms with Gasteiger partial charge in [0.05, 0.1) is 56.2 Å². The normalized spacial score (nSPS) is 14.5. The van der Waals surface area contributed by atoms with Crippen LogP contribution in [0.2, 0.25) is 0 Å². The minimum atomic E-state index is -5.12. The quantitative estimate of drug-likeness (QED) is 0.162. The molecule has 0 aliphatic heterocycles. The molecule has 350 valence electrons. The Morgan fingerprint density at radius 1 is 0.417 bits per heavy atom. The predicted octanol–water partition coefficient (Wildman–Crippen LogP) is 17.7. The van der Waals surface area contributed by atoms with E-state index in [1.165, 1.54) is 23.3 Å². The third-order valence-electron chi connectivity index (χ3n) is 15.6. The highest BCUT2D eigenvalue weighted by Crippen LogP contribution is 2.56. The molecule has 0 atom stereocenters. The first kappa shape index (κ1) is 43.7. The molecule has 2 aliphatic rings. The first-order valence-corrected chi connectivity index (χ1v) is 23.8. The summed E-state index contributed by atoms with van der Waals surface area (Å²) in [5.41, 5.74) is 9.81.